The van der Waals surface area contributed by atoms with Crippen molar-refractivity contribution in [2.75, 3.05) is 46.3 Å². The number of nitrogens with one attached hydrogen (secondary N) is 1. The smallest absolute Gasteiger partial charge is 0.339 e. The topological polar surface area (TPSA) is 123 Å². The first kappa shape index (κ1) is 25.9. The molecular formula is C26H26ClN3O7. The Morgan fingerprint density at radius 3 is 2.41 bits per heavy atom. The minimum Gasteiger partial charge on any atom is -0.506 e. The number of alkyl halides is 1. The molecule has 0 saturated carbocycles. The van der Waals surface area contributed by atoms with E-state index in [1.165, 1.54) is 47.1 Å². The second kappa shape index (κ2) is 10.4. The summed E-state index contributed by atoms with van der Waals surface area (Å²) in [5.74, 6) is 0.429. The highest BCUT2D eigenvalue weighted by molar-refractivity contribution is 6.15. The predicted molar refractivity (Wildman–Crippen MR) is 140 cm³/mol. The summed E-state index contributed by atoms with van der Waals surface area (Å²) in [4.78, 5) is 34.6. The number of aromatic hydroxyl groups is 1. The molecule has 4 aromatic rings. The van der Waals surface area contributed by atoms with E-state index in [1.807, 2.05) is 0 Å². The van der Waals surface area contributed by atoms with Crippen LogP contribution in [0, 0.1) is 0 Å². The number of anilines is 1. The molecule has 0 aliphatic carbocycles. The van der Waals surface area contributed by atoms with E-state index in [-0.39, 0.29) is 17.2 Å². The van der Waals surface area contributed by atoms with Gasteiger partial charge in [0.1, 0.15) is 17.0 Å². The maximum Gasteiger partial charge on any atom is 0.339 e. The number of hydrogen-bond donors (Lipinski definition) is 2. The molecule has 0 atom stereocenters. The van der Waals surface area contributed by atoms with Gasteiger partial charge in [-0.3, -0.25) is 9.78 Å². The van der Waals surface area contributed by atoms with Crippen LogP contribution in [-0.4, -0.2) is 68.3 Å². The van der Waals surface area contributed by atoms with Gasteiger partial charge in [0.25, 0.3) is 5.91 Å². The van der Waals surface area contributed by atoms with Crippen molar-refractivity contribution in [1.29, 1.82) is 0 Å². The molecule has 1 aliphatic rings. The number of hydrogen-bond acceptors (Lipinski definition) is 8. The zero-order valence-corrected chi connectivity index (χ0v) is 21.7. The Balaban J connectivity index is 0.00000156. The van der Waals surface area contributed by atoms with Crippen LogP contribution >= 0.6 is 11.6 Å². The summed E-state index contributed by atoms with van der Waals surface area (Å²) in [6.07, 6.45) is 3.37. The van der Waals surface area contributed by atoms with Crippen LogP contribution in [0.2, 0.25) is 0 Å². The van der Waals surface area contributed by atoms with Gasteiger partial charge in [-0.1, -0.05) is 0 Å². The van der Waals surface area contributed by atoms with Crippen molar-refractivity contribution in [3.8, 4) is 23.0 Å². The number of halogens is 1. The van der Waals surface area contributed by atoms with E-state index in [9.17, 15) is 14.7 Å². The third-order valence-corrected chi connectivity index (χ3v) is 6.23. The van der Waals surface area contributed by atoms with Gasteiger partial charge in [-0.2, -0.15) is 0 Å². The summed E-state index contributed by atoms with van der Waals surface area (Å²) in [5, 5.41) is 11.9. The minimum absolute atomic E-state index is 0.0809. The first-order chi connectivity index (χ1) is 17.9. The molecule has 2 aromatic heterocycles. The second-order valence-corrected chi connectivity index (χ2v) is 8.00. The van der Waals surface area contributed by atoms with E-state index in [2.05, 4.69) is 21.6 Å². The van der Waals surface area contributed by atoms with Crippen molar-refractivity contribution in [2.24, 2.45) is 0 Å². The van der Waals surface area contributed by atoms with E-state index in [4.69, 9.17) is 18.9 Å². The lowest BCUT2D eigenvalue weighted by atomic mass is 10.0. The third kappa shape index (κ3) is 4.23. The Labute approximate surface area is 217 Å². The SMILES string of the molecule is CCl.COC(=O)c1cnc2c(O)cc3c(c2c1)CCN3C(=O)c1cc2cc(OC)c(OC)c(OC)c2[nH]1. The molecule has 2 aromatic carbocycles. The molecule has 1 aliphatic heterocycles. The Hall–Kier alpha value is -4.18. The van der Waals surface area contributed by atoms with Gasteiger partial charge in [0, 0.05) is 36.0 Å². The van der Waals surface area contributed by atoms with Gasteiger partial charge in [0.15, 0.2) is 11.5 Å². The molecule has 0 radical (unpaired) electrons. The van der Waals surface area contributed by atoms with Crippen molar-refractivity contribution in [1.82, 2.24) is 9.97 Å². The van der Waals surface area contributed by atoms with E-state index in [0.29, 0.717) is 58.0 Å². The highest BCUT2D eigenvalue weighted by atomic mass is 35.5. The number of esters is 1. The van der Waals surface area contributed by atoms with Gasteiger partial charge in [0.05, 0.1) is 45.2 Å². The lowest BCUT2D eigenvalue weighted by Crippen LogP contribution is -2.29. The largest absolute Gasteiger partial charge is 0.506 e. The number of aromatic amines is 1. The van der Waals surface area contributed by atoms with Crippen LogP contribution in [0.15, 0.2) is 30.5 Å². The molecule has 0 fully saturated rings. The molecule has 0 unspecified atom stereocenters. The van der Waals surface area contributed by atoms with Crippen molar-refractivity contribution in [2.45, 2.75) is 6.42 Å². The van der Waals surface area contributed by atoms with Gasteiger partial charge in [-0.05, 0) is 30.2 Å². The number of phenols is 1. The Kier molecular flexibility index (Phi) is 7.30. The Morgan fingerprint density at radius 2 is 1.76 bits per heavy atom. The number of nitrogens with zero attached hydrogens (tertiary/aromatic N) is 2. The Bertz CT molecular complexity index is 1520. The number of carbonyl (C=O) groups is 2. The lowest BCUT2D eigenvalue weighted by Gasteiger charge is -2.17. The maximum atomic E-state index is 13.6. The van der Waals surface area contributed by atoms with Gasteiger partial charge in [0.2, 0.25) is 5.75 Å². The van der Waals surface area contributed by atoms with Crippen molar-refractivity contribution in [3.63, 3.8) is 0 Å². The van der Waals surface area contributed by atoms with Crippen LogP contribution in [0.25, 0.3) is 21.8 Å². The van der Waals surface area contributed by atoms with Gasteiger partial charge < -0.3 is 33.9 Å². The van der Waals surface area contributed by atoms with Crippen molar-refractivity contribution >= 4 is 51.0 Å². The third-order valence-electron chi connectivity index (χ3n) is 6.23. The summed E-state index contributed by atoms with van der Waals surface area (Å²) in [6.45, 7) is 0.397. The fourth-order valence-electron chi connectivity index (χ4n) is 4.61. The number of aromatic nitrogens is 2. The first-order valence-electron chi connectivity index (χ1n) is 11.2. The van der Waals surface area contributed by atoms with Crippen LogP contribution in [0.5, 0.6) is 23.0 Å². The average Bonchev–Trinajstić information content (AvgIpc) is 3.56. The number of H-pyrrole nitrogens is 1. The highest BCUT2D eigenvalue weighted by Crippen LogP contribution is 2.44. The maximum absolute atomic E-state index is 13.6. The number of amides is 1. The van der Waals surface area contributed by atoms with Crippen molar-refractivity contribution in [3.05, 3.63) is 47.3 Å². The molecular weight excluding hydrogens is 502 g/mol. The van der Waals surface area contributed by atoms with E-state index in [1.54, 1.807) is 23.1 Å². The number of ether oxygens (including phenoxy) is 4. The monoisotopic (exact) mass is 527 g/mol. The molecule has 0 saturated heterocycles. The molecule has 0 bridgehead atoms. The number of fused-ring (bicyclic) bond motifs is 4. The van der Waals surface area contributed by atoms with Crippen LogP contribution in [0.3, 0.4) is 0 Å². The molecule has 194 valence electrons. The van der Waals surface area contributed by atoms with Crippen LogP contribution < -0.4 is 19.1 Å². The molecule has 1 amide bonds. The van der Waals surface area contributed by atoms with Crippen LogP contribution in [-0.2, 0) is 11.2 Å². The standard InChI is InChI=1S/C25H23N3O7.CH3Cl/c1-32-19-9-12-8-16(27-20(12)23(34-3)22(19)33-2)24(30)28-6-5-14-15-7-13(25(31)35-4)11-26-21(15)18(29)10-17(14)28;1-2/h7-11,27,29H,5-6H2,1-4H3;1H3. The summed E-state index contributed by atoms with van der Waals surface area (Å²) in [6, 6.07) is 6.65. The van der Waals surface area contributed by atoms with Crippen LogP contribution in [0.4, 0.5) is 5.69 Å². The molecule has 3 heterocycles. The number of rotatable bonds is 5. The van der Waals surface area contributed by atoms with E-state index < -0.39 is 5.97 Å². The zero-order valence-electron chi connectivity index (χ0n) is 21.0. The summed E-state index contributed by atoms with van der Waals surface area (Å²) in [5.41, 5.74) is 2.94. The number of pyridine rings is 1. The highest BCUT2D eigenvalue weighted by Gasteiger charge is 2.30. The van der Waals surface area contributed by atoms with Crippen LogP contribution in [0.1, 0.15) is 26.4 Å². The summed E-state index contributed by atoms with van der Waals surface area (Å²) < 4.78 is 21.2. The molecule has 5 rings (SSSR count). The number of methoxy groups -OCH3 is 4. The molecule has 10 nitrogen and oxygen atoms in total. The van der Waals surface area contributed by atoms with Gasteiger partial charge >= 0.3 is 5.97 Å². The zero-order chi connectivity index (χ0) is 26.9. The molecule has 0 spiro atoms. The number of benzene rings is 2. The molecule has 2 N–H and O–H groups in total. The summed E-state index contributed by atoms with van der Waals surface area (Å²) >= 11 is 4.64. The van der Waals surface area contributed by atoms with Crippen molar-refractivity contribution < 1.29 is 33.6 Å². The average molecular weight is 528 g/mol. The second-order valence-electron chi connectivity index (χ2n) is 8.00. The van der Waals surface area contributed by atoms with Gasteiger partial charge in [-0.15, -0.1) is 11.6 Å². The van der Waals surface area contributed by atoms with E-state index >= 15 is 0 Å². The minimum atomic E-state index is -0.527. The molecule has 11 heteroatoms. The lowest BCUT2D eigenvalue weighted by molar-refractivity contribution is 0.0600. The Morgan fingerprint density at radius 1 is 1.03 bits per heavy atom. The predicted octanol–water partition coefficient (Wildman–Crippen LogP) is 4.29. The molecule has 37 heavy (non-hydrogen) atoms. The quantitative estimate of drug-likeness (QED) is 0.291. The first-order valence-corrected chi connectivity index (χ1v) is 11.9. The number of phenolic OH excluding ortho intramolecular Hbond substituents is 1. The van der Waals surface area contributed by atoms with Gasteiger partial charge in [-0.25, -0.2) is 4.79 Å². The number of carbonyl (C=O) groups excluding carboxylic acids is 2. The summed E-state index contributed by atoms with van der Waals surface area (Å²) in [7, 11) is 5.85. The fraction of sp³-hybridized carbons (Fsp3) is 0.269. The normalized spacial score (nSPS) is 12.1. The van der Waals surface area contributed by atoms with E-state index in [0.717, 1.165) is 10.9 Å². The fourth-order valence-corrected chi connectivity index (χ4v) is 4.61.